The number of imide groups is 1. The van der Waals surface area contributed by atoms with Gasteiger partial charge in [0.15, 0.2) is 5.82 Å². The minimum atomic E-state index is -0.431. The average molecular weight is 423 g/mol. The minimum absolute atomic E-state index is 0.00724. The molecule has 0 atom stereocenters. The Morgan fingerprint density at radius 2 is 1.71 bits per heavy atom. The number of hydrogen-bond acceptors (Lipinski definition) is 7. The third-order valence-corrected chi connectivity index (χ3v) is 5.98. The largest absolute Gasteiger partial charge is 0.367 e. The second-order valence-electron chi connectivity index (χ2n) is 8.03. The lowest BCUT2D eigenvalue weighted by Crippen LogP contribution is -2.43. The molecule has 162 valence electrons. The molecule has 2 fully saturated rings. The van der Waals surface area contributed by atoms with Gasteiger partial charge in [0, 0.05) is 54.4 Å². The number of likely N-dealkylation sites (tertiary alicyclic amines) is 1. The van der Waals surface area contributed by atoms with Crippen molar-refractivity contribution in [2.24, 2.45) is 0 Å². The van der Waals surface area contributed by atoms with Gasteiger partial charge in [-0.25, -0.2) is 9.97 Å². The van der Waals surface area contributed by atoms with Gasteiger partial charge in [-0.3, -0.25) is 24.6 Å². The van der Waals surface area contributed by atoms with Crippen LogP contribution in [0.15, 0.2) is 30.3 Å². The normalized spacial score (nSPS) is 21.4. The number of nitrogens with zero attached hydrogens (tertiary/aromatic N) is 4. The quantitative estimate of drug-likeness (QED) is 0.429. The Balaban J connectivity index is 1.45. The van der Waals surface area contributed by atoms with Gasteiger partial charge in [0.2, 0.25) is 11.8 Å². The molecule has 1 aliphatic carbocycles. The van der Waals surface area contributed by atoms with Crippen LogP contribution >= 0.6 is 0 Å². The summed E-state index contributed by atoms with van der Waals surface area (Å²) in [7, 11) is 0. The average Bonchev–Trinajstić information content (AvgIpc) is 3.12. The maximum absolute atomic E-state index is 12.0. The van der Waals surface area contributed by atoms with Crippen molar-refractivity contribution < 1.29 is 14.5 Å². The van der Waals surface area contributed by atoms with Crippen molar-refractivity contribution in [2.45, 2.75) is 64.0 Å². The molecule has 2 aromatic rings. The Labute approximate surface area is 180 Å². The summed E-state index contributed by atoms with van der Waals surface area (Å²) in [4.78, 5) is 45.1. The number of aryl methyl sites for hydroxylation is 1. The molecular weight excluding hydrogens is 398 g/mol. The summed E-state index contributed by atoms with van der Waals surface area (Å²) in [6.45, 7) is 2.01. The van der Waals surface area contributed by atoms with Gasteiger partial charge in [0.05, 0.1) is 4.92 Å². The van der Waals surface area contributed by atoms with Crippen molar-refractivity contribution in [3.05, 3.63) is 46.1 Å². The minimum Gasteiger partial charge on any atom is -0.367 e. The van der Waals surface area contributed by atoms with E-state index < -0.39 is 4.92 Å². The van der Waals surface area contributed by atoms with Crippen LogP contribution in [0.2, 0.25) is 0 Å². The summed E-state index contributed by atoms with van der Waals surface area (Å²) in [6.07, 6.45) is 4.68. The van der Waals surface area contributed by atoms with E-state index in [0.717, 1.165) is 49.2 Å². The predicted octanol–water partition coefficient (Wildman–Crippen LogP) is 3.49. The number of aromatic nitrogens is 2. The molecular formula is C22H25N5O4. The first-order chi connectivity index (χ1) is 14.9. The number of benzene rings is 1. The molecule has 1 aliphatic heterocycles. The van der Waals surface area contributed by atoms with Crippen LogP contribution in [0.1, 0.15) is 51.1 Å². The first kappa shape index (κ1) is 20.9. The Kier molecular flexibility index (Phi) is 5.92. The van der Waals surface area contributed by atoms with Gasteiger partial charge in [-0.05, 0) is 44.2 Å². The van der Waals surface area contributed by atoms with Crippen LogP contribution in [-0.2, 0) is 16.0 Å². The highest BCUT2D eigenvalue weighted by atomic mass is 16.6. The molecule has 2 aliphatic rings. The van der Waals surface area contributed by atoms with E-state index in [1.807, 2.05) is 13.0 Å². The zero-order chi connectivity index (χ0) is 22.0. The number of amides is 2. The van der Waals surface area contributed by atoms with E-state index in [1.165, 1.54) is 17.0 Å². The molecule has 2 amide bonds. The smallest absolute Gasteiger partial charge is 0.269 e. The summed E-state index contributed by atoms with van der Waals surface area (Å²) < 4.78 is 0. The molecule has 4 rings (SSSR count). The zero-order valence-corrected chi connectivity index (χ0v) is 17.4. The van der Waals surface area contributed by atoms with Gasteiger partial charge in [0.25, 0.3) is 5.69 Å². The Morgan fingerprint density at radius 3 is 2.29 bits per heavy atom. The van der Waals surface area contributed by atoms with Crippen molar-refractivity contribution in [3.8, 4) is 11.4 Å². The van der Waals surface area contributed by atoms with Gasteiger partial charge in [-0.15, -0.1) is 0 Å². The lowest BCUT2D eigenvalue weighted by molar-refractivity contribution is -0.384. The number of carbonyl (C=O) groups excluding carboxylic acids is 2. The van der Waals surface area contributed by atoms with E-state index in [0.29, 0.717) is 18.7 Å². The SMILES string of the molecule is CCc1cc(NC2CCC(N3C(=O)CCC3=O)CC2)nc(-c2ccc([N+](=O)[O-])cc2)n1. The Morgan fingerprint density at radius 1 is 1.06 bits per heavy atom. The number of nitro benzene ring substituents is 1. The van der Waals surface area contributed by atoms with E-state index in [9.17, 15) is 19.7 Å². The van der Waals surface area contributed by atoms with Gasteiger partial charge in [-0.1, -0.05) is 6.92 Å². The van der Waals surface area contributed by atoms with Gasteiger partial charge in [-0.2, -0.15) is 0 Å². The second kappa shape index (κ2) is 8.79. The van der Waals surface area contributed by atoms with Crippen LogP contribution in [-0.4, -0.2) is 43.7 Å². The van der Waals surface area contributed by atoms with Crippen LogP contribution < -0.4 is 5.32 Å². The molecule has 1 saturated carbocycles. The van der Waals surface area contributed by atoms with E-state index in [-0.39, 0.29) is 29.6 Å². The lowest BCUT2D eigenvalue weighted by atomic mass is 9.90. The zero-order valence-electron chi connectivity index (χ0n) is 17.4. The molecule has 31 heavy (non-hydrogen) atoms. The standard InChI is InChI=1S/C22H25N5O4/c1-2-15-13-19(25-22(24-15)14-3-7-18(8-4-14)27(30)31)23-16-5-9-17(10-6-16)26-20(28)11-12-21(26)29/h3-4,7-8,13,16-17H,2,5-6,9-12H2,1H3,(H,23,24,25). The number of nitro groups is 1. The predicted molar refractivity (Wildman–Crippen MR) is 114 cm³/mol. The number of non-ortho nitro benzene ring substituents is 1. The van der Waals surface area contributed by atoms with Crippen LogP contribution in [0.4, 0.5) is 11.5 Å². The lowest BCUT2D eigenvalue weighted by Gasteiger charge is -2.34. The van der Waals surface area contributed by atoms with Crippen molar-refractivity contribution in [1.29, 1.82) is 0 Å². The molecule has 9 heteroatoms. The van der Waals surface area contributed by atoms with Crippen LogP contribution in [0, 0.1) is 10.1 Å². The molecule has 1 aromatic heterocycles. The molecule has 1 aromatic carbocycles. The van der Waals surface area contributed by atoms with Crippen LogP contribution in [0.25, 0.3) is 11.4 Å². The van der Waals surface area contributed by atoms with E-state index in [2.05, 4.69) is 15.3 Å². The van der Waals surface area contributed by atoms with Gasteiger partial charge in [0.1, 0.15) is 5.82 Å². The fraction of sp³-hybridized carbons (Fsp3) is 0.455. The molecule has 0 unspecified atom stereocenters. The Bertz CT molecular complexity index is 983. The van der Waals surface area contributed by atoms with Crippen molar-refractivity contribution in [2.75, 3.05) is 5.32 Å². The number of carbonyl (C=O) groups is 2. The van der Waals surface area contributed by atoms with Crippen LogP contribution in [0.3, 0.4) is 0 Å². The Hall–Kier alpha value is -3.36. The van der Waals surface area contributed by atoms with Gasteiger partial charge >= 0.3 is 0 Å². The molecule has 0 radical (unpaired) electrons. The third-order valence-electron chi connectivity index (χ3n) is 5.98. The molecule has 1 N–H and O–H groups in total. The molecule has 0 bridgehead atoms. The summed E-state index contributed by atoms with van der Waals surface area (Å²) >= 11 is 0. The highest BCUT2D eigenvalue weighted by Crippen LogP contribution is 2.29. The van der Waals surface area contributed by atoms with E-state index in [4.69, 9.17) is 0 Å². The van der Waals surface area contributed by atoms with Crippen molar-refractivity contribution in [3.63, 3.8) is 0 Å². The number of hydrogen-bond donors (Lipinski definition) is 1. The van der Waals surface area contributed by atoms with E-state index >= 15 is 0 Å². The topological polar surface area (TPSA) is 118 Å². The van der Waals surface area contributed by atoms with Gasteiger partial charge < -0.3 is 5.32 Å². The maximum atomic E-state index is 12.0. The first-order valence-corrected chi connectivity index (χ1v) is 10.7. The fourth-order valence-corrected chi connectivity index (χ4v) is 4.30. The number of nitrogens with one attached hydrogen (secondary N) is 1. The number of rotatable bonds is 6. The highest BCUT2D eigenvalue weighted by molar-refractivity contribution is 6.02. The van der Waals surface area contributed by atoms with E-state index in [1.54, 1.807) is 12.1 Å². The first-order valence-electron chi connectivity index (χ1n) is 10.7. The summed E-state index contributed by atoms with van der Waals surface area (Å²) in [6, 6.07) is 8.35. The molecule has 1 saturated heterocycles. The monoisotopic (exact) mass is 423 g/mol. The van der Waals surface area contributed by atoms with Crippen LogP contribution in [0.5, 0.6) is 0 Å². The fourth-order valence-electron chi connectivity index (χ4n) is 4.30. The molecule has 2 heterocycles. The summed E-state index contributed by atoms with van der Waals surface area (Å²) in [5.41, 5.74) is 1.63. The summed E-state index contributed by atoms with van der Waals surface area (Å²) in [5, 5.41) is 14.4. The summed E-state index contributed by atoms with van der Waals surface area (Å²) in [5.74, 6) is 1.16. The number of anilines is 1. The molecule has 9 nitrogen and oxygen atoms in total. The molecule has 0 spiro atoms. The maximum Gasteiger partial charge on any atom is 0.269 e. The highest BCUT2D eigenvalue weighted by Gasteiger charge is 2.36. The second-order valence-corrected chi connectivity index (χ2v) is 8.03. The van der Waals surface area contributed by atoms with Crippen molar-refractivity contribution >= 4 is 23.3 Å². The third kappa shape index (κ3) is 4.55. The van der Waals surface area contributed by atoms with Crippen molar-refractivity contribution in [1.82, 2.24) is 14.9 Å².